The number of hydrogen-bond acceptors (Lipinski definition) is 4. The van der Waals surface area contributed by atoms with Crippen molar-refractivity contribution < 1.29 is 14.3 Å². The first-order valence-corrected chi connectivity index (χ1v) is 7.60. The van der Waals surface area contributed by atoms with Crippen LogP contribution in [0.25, 0.3) is 0 Å². The zero-order chi connectivity index (χ0) is 15.2. The van der Waals surface area contributed by atoms with Crippen LogP contribution < -0.4 is 4.74 Å². The summed E-state index contributed by atoms with van der Waals surface area (Å²) in [5, 5.41) is 0. The van der Waals surface area contributed by atoms with Crippen LogP contribution >= 0.6 is 12.4 Å². The first-order valence-electron chi connectivity index (χ1n) is 7.60. The number of rotatable bonds is 5. The molecule has 0 heterocycles. The number of nitrogens with zero attached hydrogens (tertiary/aromatic N) is 1. The summed E-state index contributed by atoms with van der Waals surface area (Å²) in [6, 6.07) is 7.08. The molecule has 0 saturated heterocycles. The molecule has 5 heteroatoms. The maximum absolute atomic E-state index is 12.3. The topological polar surface area (TPSA) is 38.8 Å². The second-order valence-electron chi connectivity index (χ2n) is 5.98. The van der Waals surface area contributed by atoms with Crippen molar-refractivity contribution in [3.63, 3.8) is 0 Å². The molecule has 1 aromatic rings. The summed E-state index contributed by atoms with van der Waals surface area (Å²) in [4.78, 5) is 14.4. The van der Waals surface area contributed by atoms with Gasteiger partial charge in [-0.1, -0.05) is 6.42 Å². The van der Waals surface area contributed by atoms with Crippen molar-refractivity contribution >= 4 is 18.4 Å². The van der Waals surface area contributed by atoms with Crippen molar-refractivity contribution in [2.75, 3.05) is 27.7 Å². The van der Waals surface area contributed by atoms with E-state index in [1.807, 2.05) is 0 Å². The Labute approximate surface area is 139 Å². The number of halogens is 1. The molecule has 1 aromatic carbocycles. The smallest absolute Gasteiger partial charge is 0.338 e. The zero-order valence-corrected chi connectivity index (χ0v) is 14.4. The molecule has 2 rings (SSSR count). The maximum Gasteiger partial charge on any atom is 0.338 e. The van der Waals surface area contributed by atoms with Gasteiger partial charge in [-0.15, -0.1) is 12.4 Å². The Balaban J connectivity index is 0.00000242. The third-order valence-corrected chi connectivity index (χ3v) is 4.02. The van der Waals surface area contributed by atoms with Gasteiger partial charge in [0, 0.05) is 12.5 Å². The number of carbonyl (C=O) groups excluding carboxylic acids is 1. The lowest BCUT2D eigenvalue weighted by Crippen LogP contribution is -2.36. The van der Waals surface area contributed by atoms with E-state index in [-0.39, 0.29) is 24.5 Å². The molecule has 2 atom stereocenters. The molecule has 0 aromatic heterocycles. The van der Waals surface area contributed by atoms with Gasteiger partial charge in [0.05, 0.1) is 12.7 Å². The van der Waals surface area contributed by atoms with Crippen LogP contribution in [0, 0.1) is 5.92 Å². The van der Waals surface area contributed by atoms with Crippen molar-refractivity contribution in [2.45, 2.75) is 31.8 Å². The first-order chi connectivity index (χ1) is 10.1. The Morgan fingerprint density at radius 3 is 2.41 bits per heavy atom. The van der Waals surface area contributed by atoms with Crippen molar-refractivity contribution in [3.05, 3.63) is 29.8 Å². The highest BCUT2D eigenvalue weighted by Crippen LogP contribution is 2.28. The Hall–Kier alpha value is -1.26. The molecule has 4 nitrogen and oxygen atoms in total. The number of methoxy groups -OCH3 is 1. The lowest BCUT2D eigenvalue weighted by Gasteiger charge is -2.32. The molecule has 0 bridgehead atoms. The van der Waals surface area contributed by atoms with E-state index in [1.165, 1.54) is 6.42 Å². The Bertz CT molecular complexity index is 461. The lowest BCUT2D eigenvalue weighted by molar-refractivity contribution is -0.00324. The second kappa shape index (κ2) is 9.01. The molecule has 1 aliphatic carbocycles. The molecule has 0 spiro atoms. The van der Waals surface area contributed by atoms with Gasteiger partial charge in [-0.05, 0) is 57.6 Å². The molecule has 0 amide bonds. The molecule has 0 N–H and O–H groups in total. The maximum atomic E-state index is 12.3. The van der Waals surface area contributed by atoms with Gasteiger partial charge in [0.25, 0.3) is 0 Å². The van der Waals surface area contributed by atoms with E-state index in [4.69, 9.17) is 9.47 Å². The summed E-state index contributed by atoms with van der Waals surface area (Å²) < 4.78 is 10.9. The van der Waals surface area contributed by atoms with Crippen LogP contribution in [0.3, 0.4) is 0 Å². The van der Waals surface area contributed by atoms with E-state index in [0.29, 0.717) is 11.5 Å². The summed E-state index contributed by atoms with van der Waals surface area (Å²) in [5.41, 5.74) is 0.588. The van der Waals surface area contributed by atoms with Crippen LogP contribution in [0.15, 0.2) is 24.3 Å². The van der Waals surface area contributed by atoms with Crippen LogP contribution in [-0.4, -0.2) is 44.7 Å². The largest absolute Gasteiger partial charge is 0.497 e. The van der Waals surface area contributed by atoms with Gasteiger partial charge in [-0.25, -0.2) is 4.79 Å². The summed E-state index contributed by atoms with van der Waals surface area (Å²) in [5.74, 6) is 0.957. The highest BCUT2D eigenvalue weighted by molar-refractivity contribution is 5.89. The fourth-order valence-corrected chi connectivity index (χ4v) is 2.94. The monoisotopic (exact) mass is 327 g/mol. The Kier molecular flexibility index (Phi) is 7.69. The molecule has 124 valence electrons. The molecule has 2 unspecified atom stereocenters. The first kappa shape index (κ1) is 18.8. The van der Waals surface area contributed by atoms with Crippen LogP contribution in [0.1, 0.15) is 36.0 Å². The minimum atomic E-state index is -0.228. The van der Waals surface area contributed by atoms with Gasteiger partial charge in [0.1, 0.15) is 11.9 Å². The number of esters is 1. The number of ether oxygens (including phenoxy) is 2. The average Bonchev–Trinajstić information content (AvgIpc) is 2.49. The highest BCUT2D eigenvalue weighted by Gasteiger charge is 2.29. The summed E-state index contributed by atoms with van der Waals surface area (Å²) in [6.07, 6.45) is 4.52. The third-order valence-electron chi connectivity index (χ3n) is 4.02. The van der Waals surface area contributed by atoms with Crippen molar-refractivity contribution in [3.8, 4) is 5.75 Å². The fraction of sp³-hybridized carbons (Fsp3) is 0.588. The quantitative estimate of drug-likeness (QED) is 0.777. The number of hydrogen-bond donors (Lipinski definition) is 0. The van der Waals surface area contributed by atoms with E-state index in [0.717, 1.165) is 31.6 Å². The van der Waals surface area contributed by atoms with Gasteiger partial charge in [0.15, 0.2) is 0 Å². The average molecular weight is 328 g/mol. The normalized spacial score (nSPS) is 21.1. The van der Waals surface area contributed by atoms with Gasteiger partial charge < -0.3 is 14.4 Å². The lowest BCUT2D eigenvalue weighted by atomic mass is 9.86. The van der Waals surface area contributed by atoms with Gasteiger partial charge in [-0.2, -0.15) is 0 Å². The van der Waals surface area contributed by atoms with Crippen LogP contribution in [-0.2, 0) is 4.74 Å². The Morgan fingerprint density at radius 1 is 1.18 bits per heavy atom. The zero-order valence-electron chi connectivity index (χ0n) is 13.6. The van der Waals surface area contributed by atoms with Crippen molar-refractivity contribution in [2.24, 2.45) is 5.92 Å². The summed E-state index contributed by atoms with van der Waals surface area (Å²) >= 11 is 0. The van der Waals surface area contributed by atoms with Crippen molar-refractivity contribution in [1.29, 1.82) is 0 Å². The van der Waals surface area contributed by atoms with E-state index in [2.05, 4.69) is 19.0 Å². The van der Waals surface area contributed by atoms with Crippen LogP contribution in [0.5, 0.6) is 5.75 Å². The molecule has 22 heavy (non-hydrogen) atoms. The predicted molar refractivity (Wildman–Crippen MR) is 90.0 cm³/mol. The highest BCUT2D eigenvalue weighted by atomic mass is 35.5. The molecule has 1 fully saturated rings. The van der Waals surface area contributed by atoms with E-state index in [9.17, 15) is 4.79 Å². The molecule has 1 aliphatic rings. The van der Waals surface area contributed by atoms with Crippen molar-refractivity contribution in [1.82, 2.24) is 4.90 Å². The minimum Gasteiger partial charge on any atom is -0.497 e. The van der Waals surface area contributed by atoms with Gasteiger partial charge in [-0.3, -0.25) is 0 Å². The van der Waals surface area contributed by atoms with Crippen LogP contribution in [0.4, 0.5) is 0 Å². The molecular formula is C17H26ClNO3. The van der Waals surface area contributed by atoms with Crippen LogP contribution in [0.2, 0.25) is 0 Å². The van der Waals surface area contributed by atoms with Gasteiger partial charge in [0.2, 0.25) is 0 Å². The van der Waals surface area contributed by atoms with E-state index >= 15 is 0 Å². The van der Waals surface area contributed by atoms with Gasteiger partial charge >= 0.3 is 5.97 Å². The Morgan fingerprint density at radius 2 is 1.82 bits per heavy atom. The minimum absolute atomic E-state index is 0. The molecule has 0 aliphatic heterocycles. The summed E-state index contributed by atoms with van der Waals surface area (Å²) in [7, 11) is 5.75. The standard InChI is InChI=1S/C17H25NO3.ClH/c1-18(2)12-14-6-4-5-7-16(14)21-17(19)13-8-10-15(20-3)11-9-13;/h8-11,14,16H,4-7,12H2,1-3H3;1H. The summed E-state index contributed by atoms with van der Waals surface area (Å²) in [6.45, 7) is 0.973. The third kappa shape index (κ3) is 5.18. The molecular weight excluding hydrogens is 302 g/mol. The van der Waals surface area contributed by atoms with E-state index < -0.39 is 0 Å². The SMILES string of the molecule is COc1ccc(C(=O)OC2CCCCC2CN(C)C)cc1.Cl. The molecule has 1 saturated carbocycles. The predicted octanol–water partition coefficient (Wildman–Crippen LogP) is 3.39. The van der Waals surface area contributed by atoms with E-state index in [1.54, 1.807) is 31.4 Å². The fourth-order valence-electron chi connectivity index (χ4n) is 2.94. The number of carbonyl (C=O) groups is 1. The number of benzene rings is 1. The molecule has 0 radical (unpaired) electrons. The second-order valence-corrected chi connectivity index (χ2v) is 5.98.